The van der Waals surface area contributed by atoms with E-state index >= 15 is 0 Å². The number of oxazole rings is 1. The number of aliphatic hydroxyl groups is 1. The highest BCUT2D eigenvalue weighted by molar-refractivity contribution is 5.85. The number of hydrogen-bond donors (Lipinski definition) is 2. The molecule has 0 saturated carbocycles. The van der Waals surface area contributed by atoms with Crippen LogP contribution in [0.1, 0.15) is 22.1 Å². The SMILES string of the molecule is O=C(O)c1oc(COc2ccccc2)nc1CCO. The minimum atomic E-state index is -1.21. The van der Waals surface area contributed by atoms with Crippen LogP contribution in [0.2, 0.25) is 0 Å². The number of rotatable bonds is 6. The maximum absolute atomic E-state index is 10.9. The molecule has 0 aliphatic rings. The minimum absolute atomic E-state index is 0.0374. The first-order valence-electron chi connectivity index (χ1n) is 5.71. The summed E-state index contributed by atoms with van der Waals surface area (Å²) in [6.07, 6.45) is 0.135. The number of hydrogen-bond acceptors (Lipinski definition) is 5. The molecule has 0 aliphatic carbocycles. The van der Waals surface area contributed by atoms with Crippen molar-refractivity contribution in [2.45, 2.75) is 13.0 Å². The average Bonchev–Trinajstić information content (AvgIpc) is 2.81. The minimum Gasteiger partial charge on any atom is -0.484 e. The van der Waals surface area contributed by atoms with Crippen LogP contribution in [0.3, 0.4) is 0 Å². The summed E-state index contributed by atoms with van der Waals surface area (Å²) < 4.78 is 10.5. The van der Waals surface area contributed by atoms with Gasteiger partial charge in [0.05, 0.1) is 5.69 Å². The quantitative estimate of drug-likeness (QED) is 0.820. The summed E-state index contributed by atoms with van der Waals surface area (Å²) >= 11 is 0. The van der Waals surface area contributed by atoms with Gasteiger partial charge in [-0.05, 0) is 12.1 Å². The van der Waals surface area contributed by atoms with Crippen molar-refractivity contribution in [3.05, 3.63) is 47.7 Å². The Hall–Kier alpha value is -2.34. The van der Waals surface area contributed by atoms with Crippen LogP contribution in [0.15, 0.2) is 34.7 Å². The number of benzene rings is 1. The molecular formula is C13H13NO5. The fourth-order valence-corrected chi connectivity index (χ4v) is 1.57. The van der Waals surface area contributed by atoms with Gasteiger partial charge in [-0.2, -0.15) is 0 Å². The zero-order valence-corrected chi connectivity index (χ0v) is 10.1. The zero-order valence-electron chi connectivity index (χ0n) is 10.1. The van der Waals surface area contributed by atoms with Crippen LogP contribution < -0.4 is 4.74 Å². The number of aromatic nitrogens is 1. The smallest absolute Gasteiger partial charge is 0.373 e. The average molecular weight is 263 g/mol. The van der Waals surface area contributed by atoms with Gasteiger partial charge >= 0.3 is 5.97 Å². The highest BCUT2D eigenvalue weighted by Gasteiger charge is 2.19. The Kier molecular flexibility index (Phi) is 4.15. The van der Waals surface area contributed by atoms with Gasteiger partial charge in [-0.25, -0.2) is 9.78 Å². The number of carboxylic acids is 1. The summed E-state index contributed by atoms with van der Waals surface area (Å²) in [5.41, 5.74) is 0.224. The van der Waals surface area contributed by atoms with E-state index in [4.69, 9.17) is 19.4 Å². The molecule has 0 saturated heterocycles. The van der Waals surface area contributed by atoms with E-state index in [1.54, 1.807) is 12.1 Å². The number of carbonyl (C=O) groups is 1. The molecule has 0 fully saturated rings. The molecule has 0 unspecified atom stereocenters. The van der Waals surface area contributed by atoms with Gasteiger partial charge in [0.2, 0.25) is 11.7 Å². The van der Waals surface area contributed by atoms with E-state index in [0.717, 1.165) is 0 Å². The third-order valence-corrected chi connectivity index (χ3v) is 2.39. The highest BCUT2D eigenvalue weighted by Crippen LogP contribution is 2.15. The lowest BCUT2D eigenvalue weighted by Crippen LogP contribution is -2.01. The molecule has 1 aromatic heterocycles. The fourth-order valence-electron chi connectivity index (χ4n) is 1.57. The molecule has 0 spiro atoms. The Morgan fingerprint density at radius 1 is 1.32 bits per heavy atom. The van der Waals surface area contributed by atoms with Crippen LogP contribution in [0.25, 0.3) is 0 Å². The van der Waals surface area contributed by atoms with E-state index in [0.29, 0.717) is 5.75 Å². The van der Waals surface area contributed by atoms with Gasteiger partial charge in [0, 0.05) is 13.0 Å². The maximum atomic E-state index is 10.9. The first kappa shape index (κ1) is 13.1. The van der Waals surface area contributed by atoms with Gasteiger partial charge in [-0.1, -0.05) is 18.2 Å². The number of para-hydroxylation sites is 1. The van der Waals surface area contributed by atoms with E-state index in [1.165, 1.54) is 0 Å². The van der Waals surface area contributed by atoms with Crippen molar-refractivity contribution >= 4 is 5.97 Å². The molecule has 0 amide bonds. The number of nitrogens with zero attached hydrogens (tertiary/aromatic N) is 1. The van der Waals surface area contributed by atoms with Gasteiger partial charge in [0.15, 0.2) is 6.61 Å². The molecule has 1 heterocycles. The predicted octanol–water partition coefficient (Wildman–Crippen LogP) is 1.49. The van der Waals surface area contributed by atoms with Gasteiger partial charge in [-0.3, -0.25) is 0 Å². The van der Waals surface area contributed by atoms with Crippen LogP contribution in [-0.4, -0.2) is 27.8 Å². The van der Waals surface area contributed by atoms with Gasteiger partial charge < -0.3 is 19.4 Å². The van der Waals surface area contributed by atoms with E-state index in [9.17, 15) is 4.79 Å². The molecule has 100 valence electrons. The van der Waals surface area contributed by atoms with E-state index in [-0.39, 0.29) is 37.0 Å². The van der Waals surface area contributed by atoms with E-state index in [1.807, 2.05) is 18.2 Å². The lowest BCUT2D eigenvalue weighted by atomic mass is 10.3. The van der Waals surface area contributed by atoms with E-state index < -0.39 is 5.97 Å². The normalized spacial score (nSPS) is 10.4. The molecule has 6 nitrogen and oxygen atoms in total. The summed E-state index contributed by atoms with van der Waals surface area (Å²) in [7, 11) is 0. The second kappa shape index (κ2) is 6.01. The molecule has 0 atom stereocenters. The summed E-state index contributed by atoms with van der Waals surface area (Å²) in [6, 6.07) is 9.06. The first-order valence-corrected chi connectivity index (χ1v) is 5.71. The first-order chi connectivity index (χ1) is 9.20. The molecule has 2 N–H and O–H groups in total. The standard InChI is InChI=1S/C13H13NO5/c15-7-6-10-12(13(16)17)19-11(14-10)8-18-9-4-2-1-3-5-9/h1-5,15H,6-8H2,(H,16,17). The number of aliphatic hydroxyl groups excluding tert-OH is 1. The largest absolute Gasteiger partial charge is 0.484 e. The van der Waals surface area contributed by atoms with Gasteiger partial charge in [-0.15, -0.1) is 0 Å². The van der Waals surface area contributed by atoms with Crippen molar-refractivity contribution in [2.24, 2.45) is 0 Å². The lowest BCUT2D eigenvalue weighted by Gasteiger charge is -2.01. The summed E-state index contributed by atoms with van der Waals surface area (Å²) in [4.78, 5) is 14.9. The van der Waals surface area contributed by atoms with Crippen molar-refractivity contribution in [3.63, 3.8) is 0 Å². The molecule has 0 aliphatic heterocycles. The third kappa shape index (κ3) is 3.32. The summed E-state index contributed by atoms with van der Waals surface area (Å²) in [5, 5.41) is 17.8. The molecule has 1 aromatic carbocycles. The van der Waals surface area contributed by atoms with Crippen LogP contribution in [0, 0.1) is 0 Å². The second-order valence-corrected chi connectivity index (χ2v) is 3.76. The number of ether oxygens (including phenoxy) is 1. The van der Waals surface area contributed by atoms with Crippen LogP contribution >= 0.6 is 0 Å². The van der Waals surface area contributed by atoms with Gasteiger partial charge in [0.25, 0.3) is 0 Å². The number of aromatic carboxylic acids is 1. The topological polar surface area (TPSA) is 92.8 Å². The number of carboxylic acid groups (broad SMARTS) is 1. The van der Waals surface area contributed by atoms with Crippen molar-refractivity contribution in [3.8, 4) is 5.75 Å². The van der Waals surface area contributed by atoms with Crippen molar-refractivity contribution in [1.82, 2.24) is 4.98 Å². The van der Waals surface area contributed by atoms with Crippen LogP contribution in [0.4, 0.5) is 0 Å². The monoisotopic (exact) mass is 263 g/mol. The molecule has 0 bridgehead atoms. The van der Waals surface area contributed by atoms with Crippen molar-refractivity contribution < 1.29 is 24.2 Å². The highest BCUT2D eigenvalue weighted by atomic mass is 16.5. The summed E-state index contributed by atoms with van der Waals surface area (Å²) in [5.74, 6) is -0.645. The lowest BCUT2D eigenvalue weighted by molar-refractivity contribution is 0.0656. The fraction of sp³-hybridized carbons (Fsp3) is 0.231. The Balaban J connectivity index is 2.08. The predicted molar refractivity (Wildman–Crippen MR) is 65.0 cm³/mol. The Bertz CT molecular complexity index is 549. The molecule has 0 radical (unpaired) electrons. The van der Waals surface area contributed by atoms with Crippen molar-refractivity contribution in [2.75, 3.05) is 6.61 Å². The molecule has 19 heavy (non-hydrogen) atoms. The molecule has 2 aromatic rings. The molecule has 2 rings (SSSR count). The Morgan fingerprint density at radius 2 is 2.05 bits per heavy atom. The van der Waals surface area contributed by atoms with Crippen LogP contribution in [0.5, 0.6) is 5.75 Å². The second-order valence-electron chi connectivity index (χ2n) is 3.76. The molecular weight excluding hydrogens is 250 g/mol. The zero-order chi connectivity index (χ0) is 13.7. The van der Waals surface area contributed by atoms with Crippen LogP contribution in [-0.2, 0) is 13.0 Å². The third-order valence-electron chi connectivity index (χ3n) is 2.39. The Morgan fingerprint density at radius 3 is 2.68 bits per heavy atom. The van der Waals surface area contributed by atoms with Crippen molar-refractivity contribution in [1.29, 1.82) is 0 Å². The molecule has 6 heteroatoms. The maximum Gasteiger partial charge on any atom is 0.373 e. The van der Waals surface area contributed by atoms with E-state index in [2.05, 4.69) is 4.98 Å². The Labute approximate surface area is 109 Å². The van der Waals surface area contributed by atoms with Gasteiger partial charge in [0.1, 0.15) is 5.75 Å². The summed E-state index contributed by atoms with van der Waals surface area (Å²) in [6.45, 7) is -0.151.